The number of cyclic esters (lactones) is 2. The van der Waals surface area contributed by atoms with Gasteiger partial charge in [0.05, 0.1) is 31.9 Å². The maximum absolute atomic E-state index is 13.7. The highest BCUT2D eigenvalue weighted by atomic mass is 16.7. The van der Waals surface area contributed by atoms with Gasteiger partial charge in [-0.05, 0) is 121 Å². The predicted octanol–water partition coefficient (Wildman–Crippen LogP) is 1.73. The fourth-order valence-electron chi connectivity index (χ4n) is 13.7. The van der Waals surface area contributed by atoms with Crippen molar-refractivity contribution >= 4 is 95.1 Å². The van der Waals surface area contributed by atoms with Crippen LogP contribution in [0.5, 0.6) is 0 Å². The summed E-state index contributed by atoms with van der Waals surface area (Å²) < 4.78 is 26.4. The van der Waals surface area contributed by atoms with E-state index in [9.17, 15) is 76.7 Å². The summed E-state index contributed by atoms with van der Waals surface area (Å²) in [4.78, 5) is 204. The van der Waals surface area contributed by atoms with E-state index in [1.165, 1.54) is 32.2 Å². The summed E-state index contributed by atoms with van der Waals surface area (Å²) in [5.74, 6) is -7.25. The Morgan fingerprint density at radius 1 is 0.481 bits per heavy atom. The molecule has 108 heavy (non-hydrogen) atoms. The Kier molecular flexibility index (Phi) is 26.5. The van der Waals surface area contributed by atoms with Crippen LogP contribution in [0.4, 0.5) is 0 Å². The number of aldehydes is 1. The van der Waals surface area contributed by atoms with Gasteiger partial charge in [-0.15, -0.1) is 0 Å². The average Bonchev–Trinajstić information content (AvgIpc) is 1.50. The molecule has 8 saturated heterocycles. The Hall–Kier alpha value is -11.5. The predicted molar refractivity (Wildman–Crippen MR) is 375 cm³/mol. The third-order valence-corrected chi connectivity index (χ3v) is 18.9. The first-order valence-electron chi connectivity index (χ1n) is 35.9. The van der Waals surface area contributed by atoms with Gasteiger partial charge >= 0.3 is 17.9 Å². The van der Waals surface area contributed by atoms with E-state index in [0.29, 0.717) is 68.2 Å². The second-order valence-electron chi connectivity index (χ2n) is 27.8. The highest BCUT2D eigenvalue weighted by molar-refractivity contribution is 6.03. The van der Waals surface area contributed by atoms with Gasteiger partial charge in [-0.3, -0.25) is 86.9 Å². The molecule has 8 aliphatic heterocycles. The van der Waals surface area contributed by atoms with Crippen LogP contribution in [0.3, 0.4) is 0 Å². The van der Waals surface area contributed by atoms with E-state index in [2.05, 4.69) is 31.9 Å². The Morgan fingerprint density at radius 2 is 0.833 bits per heavy atom. The van der Waals surface area contributed by atoms with Crippen LogP contribution in [0, 0.1) is 0 Å². The lowest BCUT2D eigenvalue weighted by Gasteiger charge is -2.43. The van der Waals surface area contributed by atoms with Gasteiger partial charge in [-0.1, -0.05) is 84.9 Å². The molecular formula is C75H88N12O21. The molecule has 3 unspecified atom stereocenters. The molecule has 11 atom stereocenters. The molecule has 4 aromatic carbocycles. The van der Waals surface area contributed by atoms with Gasteiger partial charge < -0.3 is 60.4 Å². The molecular weight excluding hydrogens is 1400 g/mol. The lowest BCUT2D eigenvalue weighted by atomic mass is 10.0. The van der Waals surface area contributed by atoms with Crippen molar-refractivity contribution in [2.75, 3.05) is 26.7 Å². The van der Waals surface area contributed by atoms with Crippen molar-refractivity contribution < 1.29 is 100 Å². The molecule has 0 aromatic heterocycles. The molecule has 8 aliphatic rings. The lowest BCUT2D eigenvalue weighted by Crippen LogP contribution is -2.64. The molecule has 0 spiro atoms. The van der Waals surface area contributed by atoms with E-state index >= 15 is 0 Å². The summed E-state index contributed by atoms with van der Waals surface area (Å²) in [6, 6.07) is 26.1. The first kappa shape index (κ1) is 79.1. The fourth-order valence-corrected chi connectivity index (χ4v) is 13.7. The largest absolute Gasteiger partial charge is 0.460 e. The molecule has 12 amide bonds. The molecule has 33 heteroatoms. The topological polar surface area (TPSA) is 411 Å². The van der Waals surface area contributed by atoms with Crippen molar-refractivity contribution in [2.45, 2.75) is 196 Å². The molecule has 0 saturated carbocycles. The number of rotatable bonds is 19. The number of hydrazine groups is 3. The van der Waals surface area contributed by atoms with Crippen molar-refractivity contribution in [3.8, 4) is 0 Å². The number of ether oxygens (including phenoxy) is 5. The summed E-state index contributed by atoms with van der Waals surface area (Å²) in [5, 5.41) is 23.4. The number of nitrogens with one attached hydrogen (secondary N) is 6. The van der Waals surface area contributed by atoms with E-state index in [-0.39, 0.29) is 95.1 Å². The van der Waals surface area contributed by atoms with Crippen LogP contribution < -0.4 is 31.9 Å². The number of carbonyl (C=O) groups excluding carboxylic acids is 16. The van der Waals surface area contributed by atoms with E-state index in [4.69, 9.17) is 23.7 Å². The van der Waals surface area contributed by atoms with Gasteiger partial charge in [0.2, 0.25) is 48.0 Å². The Labute approximate surface area is 621 Å². The minimum atomic E-state index is -1.16. The minimum absolute atomic E-state index is 0.0198. The highest BCUT2D eigenvalue weighted by Crippen LogP contribution is 2.31. The Bertz CT molecular complexity index is 4020. The zero-order valence-corrected chi connectivity index (χ0v) is 60.2. The monoisotopic (exact) mass is 1490 g/mol. The number of fused-ring (bicyclic) bond motifs is 3. The Balaban J connectivity index is 0.000000173. The first-order chi connectivity index (χ1) is 51.8. The molecule has 12 rings (SSSR count). The van der Waals surface area contributed by atoms with Gasteiger partial charge in [-0.2, -0.15) is 0 Å². The molecule has 8 heterocycles. The summed E-state index contributed by atoms with van der Waals surface area (Å²) in [6.45, 7) is 6.09. The van der Waals surface area contributed by atoms with Crippen molar-refractivity contribution in [3.63, 3.8) is 0 Å². The van der Waals surface area contributed by atoms with E-state index < -0.39 is 144 Å². The second-order valence-corrected chi connectivity index (χ2v) is 27.8. The zero-order chi connectivity index (χ0) is 77.3. The number of hydrogen-bond donors (Lipinski definition) is 6. The third kappa shape index (κ3) is 20.0. The number of benzene rings is 4. The summed E-state index contributed by atoms with van der Waals surface area (Å²) in [5.41, 5.74) is 1.27. The highest BCUT2D eigenvalue weighted by Gasteiger charge is 2.50. The molecule has 0 bridgehead atoms. The third-order valence-electron chi connectivity index (χ3n) is 18.9. The van der Waals surface area contributed by atoms with Crippen molar-refractivity contribution in [2.24, 2.45) is 0 Å². The number of hydrogen-bond acceptors (Lipinski definition) is 21. The SMILES string of the molecule is CC(C)(C)OC(=O)C[C@@H](C=O)NC(=O)[C@@H]1CCCN2C(=O)CC[C@H](NC(=O)c3ccccc3)C(=O)N12.COC1OC(=O)C[C@@H]1NC(=O)C1CCCN2C(=O)CC[C@H](NC(=O)c3ccccc3)C(=O)N12.O=C1C[C@H](NC(=O)[C@@H]2CCCN3C(=O)CC[C@H](NC(=O)c4ccccc4)C(=O)N23)C(OCc2ccccc2)O1. The van der Waals surface area contributed by atoms with Crippen LogP contribution in [-0.2, 0) is 92.6 Å². The smallest absolute Gasteiger partial charge is 0.310 e. The van der Waals surface area contributed by atoms with Gasteiger partial charge in [-0.25, -0.2) is 15.0 Å². The molecule has 8 fully saturated rings. The van der Waals surface area contributed by atoms with Crippen LogP contribution >= 0.6 is 0 Å². The maximum atomic E-state index is 13.7. The van der Waals surface area contributed by atoms with Crippen molar-refractivity contribution in [1.82, 2.24) is 62.0 Å². The molecule has 0 radical (unpaired) electrons. The minimum Gasteiger partial charge on any atom is -0.460 e. The molecule has 6 N–H and O–H groups in total. The standard InChI is InChI=1S/C28H30N4O7.C25H32N4O7.C22H26N4O7/c33-23-14-13-20(29-25(35)19-10-5-2-6-11-19)27(37)32-22(12-7-15-31(23)32)26(36)30-21-16-24(34)39-28(21)38-17-18-8-3-1-4-9-18;1-25(2,3)36-21(32)14-17(15-30)26-23(34)19-10-7-13-28-20(31)12-11-18(24(35)29(19)28)27-22(33)16-8-5-4-6-9-16;1-32-22-15(12-18(28)33-22)24-20(30)16-8-5-11-25-17(27)10-9-14(21(31)26(16)25)23-19(29)13-6-3-2-4-7-13/h1-6,8-11,20-22,28H,7,12-17H2,(H,29,35)(H,30,36);4-6,8-9,15,17-19H,7,10-14H2,1-3H3,(H,26,34)(H,27,33);2-4,6-7,14-16,22H,5,8-12H2,1H3,(H,23,29)(H,24,30)/t20-,21-,22-,28?;17-,18-,19-;14-,15-,16?,22?/m000/s1. The number of esters is 3. The summed E-state index contributed by atoms with van der Waals surface area (Å²) in [7, 11) is 1.36. The van der Waals surface area contributed by atoms with Gasteiger partial charge in [0.1, 0.15) is 60.2 Å². The Morgan fingerprint density at radius 3 is 1.19 bits per heavy atom. The summed E-state index contributed by atoms with van der Waals surface area (Å²) >= 11 is 0. The van der Waals surface area contributed by atoms with Gasteiger partial charge in [0.15, 0.2) is 0 Å². The first-order valence-corrected chi connectivity index (χ1v) is 35.9. The number of amides is 12. The average molecular weight is 1490 g/mol. The van der Waals surface area contributed by atoms with Crippen molar-refractivity contribution in [3.05, 3.63) is 144 Å². The zero-order valence-electron chi connectivity index (χ0n) is 60.2. The van der Waals surface area contributed by atoms with Crippen molar-refractivity contribution in [1.29, 1.82) is 0 Å². The number of methoxy groups -OCH3 is 1. The van der Waals surface area contributed by atoms with E-state index in [1.807, 2.05) is 30.3 Å². The van der Waals surface area contributed by atoms with Crippen LogP contribution in [-0.4, -0.2) is 224 Å². The lowest BCUT2D eigenvalue weighted by molar-refractivity contribution is -0.177. The van der Waals surface area contributed by atoms with Gasteiger partial charge in [0, 0.05) is 62.7 Å². The fraction of sp³-hybridized carbons (Fsp3) is 0.467. The van der Waals surface area contributed by atoms with Gasteiger partial charge in [0.25, 0.3) is 35.4 Å². The normalized spacial score (nSPS) is 24.4. The molecule has 33 nitrogen and oxygen atoms in total. The van der Waals surface area contributed by atoms with Crippen LogP contribution in [0.1, 0.15) is 154 Å². The van der Waals surface area contributed by atoms with E-state index in [0.717, 1.165) is 10.6 Å². The van der Waals surface area contributed by atoms with Crippen LogP contribution in [0.2, 0.25) is 0 Å². The van der Waals surface area contributed by atoms with Crippen LogP contribution in [0.15, 0.2) is 121 Å². The van der Waals surface area contributed by atoms with E-state index in [1.54, 1.807) is 112 Å². The summed E-state index contributed by atoms with van der Waals surface area (Å²) in [6.07, 6.45) is 0.921. The quantitative estimate of drug-likeness (QED) is 0.0442. The number of nitrogens with zero attached hydrogens (tertiary/aromatic N) is 6. The second kappa shape index (κ2) is 36.2. The molecule has 0 aliphatic carbocycles. The molecule has 4 aromatic rings. The van der Waals surface area contributed by atoms with Crippen LogP contribution in [0.25, 0.3) is 0 Å². The maximum Gasteiger partial charge on any atom is 0.310 e. The molecule has 574 valence electrons. The number of carbonyl (C=O) groups is 16.